The van der Waals surface area contributed by atoms with E-state index in [0.717, 1.165) is 15.5 Å². The fourth-order valence-electron chi connectivity index (χ4n) is 1.49. The molecule has 0 unspecified atom stereocenters. The van der Waals surface area contributed by atoms with Gasteiger partial charge in [0.2, 0.25) is 5.91 Å². The molecule has 0 radical (unpaired) electrons. The van der Waals surface area contributed by atoms with Crippen molar-refractivity contribution in [2.75, 3.05) is 5.32 Å². The zero-order valence-electron chi connectivity index (χ0n) is 9.81. The molecule has 0 aliphatic carbocycles. The molecule has 0 heterocycles. The molecule has 1 amide bonds. The van der Waals surface area contributed by atoms with E-state index in [0.29, 0.717) is 5.02 Å². The van der Waals surface area contributed by atoms with Gasteiger partial charge in [-0.15, -0.1) is 0 Å². The van der Waals surface area contributed by atoms with E-state index in [1.807, 2.05) is 42.5 Å². The number of halogens is 1. The van der Waals surface area contributed by atoms with Crippen molar-refractivity contribution in [3.8, 4) is 0 Å². The van der Waals surface area contributed by atoms with Crippen LogP contribution in [0.5, 0.6) is 0 Å². The molecule has 0 saturated carbocycles. The van der Waals surface area contributed by atoms with E-state index in [9.17, 15) is 4.79 Å². The second-order valence-corrected chi connectivity index (χ2v) is 5.29. The van der Waals surface area contributed by atoms with E-state index >= 15 is 0 Å². The van der Waals surface area contributed by atoms with E-state index in [1.54, 1.807) is 17.8 Å². The first-order valence-corrected chi connectivity index (χ1v) is 6.64. The summed E-state index contributed by atoms with van der Waals surface area (Å²) in [7, 11) is 0. The standard InChI is InChI=1S/C14H12ClNOS/c1-10(17)16-13-9-11(15)7-8-14(13)18-12-5-3-2-4-6-12/h2-9H,1H3,(H,16,17). The first kappa shape index (κ1) is 13.0. The summed E-state index contributed by atoms with van der Waals surface area (Å²) in [5.41, 5.74) is 0.740. The highest BCUT2D eigenvalue weighted by Crippen LogP contribution is 2.34. The lowest BCUT2D eigenvalue weighted by molar-refractivity contribution is -0.114. The Bertz CT molecular complexity index is 557. The molecule has 18 heavy (non-hydrogen) atoms. The monoisotopic (exact) mass is 277 g/mol. The summed E-state index contributed by atoms with van der Waals surface area (Å²) in [6.45, 7) is 1.48. The minimum atomic E-state index is -0.104. The van der Waals surface area contributed by atoms with Crippen molar-refractivity contribution < 1.29 is 4.79 Å². The Kier molecular flexibility index (Phi) is 4.28. The molecule has 92 valence electrons. The van der Waals surface area contributed by atoms with Gasteiger partial charge in [0.15, 0.2) is 0 Å². The van der Waals surface area contributed by atoms with Gasteiger partial charge in [-0.2, -0.15) is 0 Å². The van der Waals surface area contributed by atoms with Crippen molar-refractivity contribution in [3.05, 3.63) is 53.6 Å². The number of hydrogen-bond donors (Lipinski definition) is 1. The summed E-state index contributed by atoms with van der Waals surface area (Å²) in [5, 5.41) is 3.40. The fourth-order valence-corrected chi connectivity index (χ4v) is 2.57. The second-order valence-electron chi connectivity index (χ2n) is 3.74. The molecule has 0 spiro atoms. The molecule has 2 rings (SSSR count). The van der Waals surface area contributed by atoms with Crippen LogP contribution in [0, 0.1) is 0 Å². The Morgan fingerprint density at radius 3 is 2.56 bits per heavy atom. The molecule has 2 aromatic rings. The highest BCUT2D eigenvalue weighted by molar-refractivity contribution is 7.99. The van der Waals surface area contributed by atoms with Crippen molar-refractivity contribution in [2.45, 2.75) is 16.7 Å². The molecular weight excluding hydrogens is 266 g/mol. The lowest BCUT2D eigenvalue weighted by Crippen LogP contribution is -2.06. The van der Waals surface area contributed by atoms with Crippen LogP contribution in [0.3, 0.4) is 0 Å². The lowest BCUT2D eigenvalue weighted by Gasteiger charge is -2.10. The molecular formula is C14H12ClNOS. The molecule has 0 fully saturated rings. The predicted octanol–water partition coefficient (Wildman–Crippen LogP) is 4.45. The first-order chi connectivity index (χ1) is 8.65. The van der Waals surface area contributed by atoms with Crippen molar-refractivity contribution in [1.82, 2.24) is 0 Å². The van der Waals surface area contributed by atoms with Crippen LogP contribution in [0.1, 0.15) is 6.92 Å². The third-order valence-electron chi connectivity index (χ3n) is 2.22. The Hall–Kier alpha value is -1.45. The van der Waals surface area contributed by atoms with E-state index in [2.05, 4.69) is 5.32 Å². The van der Waals surface area contributed by atoms with Crippen molar-refractivity contribution in [3.63, 3.8) is 0 Å². The zero-order valence-corrected chi connectivity index (χ0v) is 11.4. The summed E-state index contributed by atoms with van der Waals surface area (Å²) in [5.74, 6) is -0.104. The maximum Gasteiger partial charge on any atom is 0.221 e. The van der Waals surface area contributed by atoms with Gasteiger partial charge in [-0.05, 0) is 30.3 Å². The summed E-state index contributed by atoms with van der Waals surface area (Å²) in [4.78, 5) is 13.3. The van der Waals surface area contributed by atoms with Crippen LogP contribution < -0.4 is 5.32 Å². The van der Waals surface area contributed by atoms with E-state index in [-0.39, 0.29) is 5.91 Å². The van der Waals surface area contributed by atoms with Crippen molar-refractivity contribution in [2.24, 2.45) is 0 Å². The lowest BCUT2D eigenvalue weighted by atomic mass is 10.3. The molecule has 0 aliphatic rings. The van der Waals surface area contributed by atoms with Gasteiger partial charge in [0.1, 0.15) is 0 Å². The van der Waals surface area contributed by atoms with Crippen molar-refractivity contribution >= 4 is 35.0 Å². The van der Waals surface area contributed by atoms with Crippen LogP contribution in [0.2, 0.25) is 5.02 Å². The molecule has 0 saturated heterocycles. The van der Waals surface area contributed by atoms with Gasteiger partial charge in [-0.25, -0.2) is 0 Å². The van der Waals surface area contributed by atoms with E-state index in [1.165, 1.54) is 6.92 Å². The minimum Gasteiger partial charge on any atom is -0.325 e. The minimum absolute atomic E-state index is 0.104. The Morgan fingerprint density at radius 1 is 1.17 bits per heavy atom. The molecule has 1 N–H and O–H groups in total. The van der Waals surface area contributed by atoms with Gasteiger partial charge in [0.25, 0.3) is 0 Å². The smallest absolute Gasteiger partial charge is 0.221 e. The molecule has 0 atom stereocenters. The van der Waals surface area contributed by atoms with Gasteiger partial charge in [0.05, 0.1) is 5.69 Å². The molecule has 4 heteroatoms. The van der Waals surface area contributed by atoms with Crippen LogP contribution in [-0.4, -0.2) is 5.91 Å². The number of nitrogens with one attached hydrogen (secondary N) is 1. The summed E-state index contributed by atoms with van der Waals surface area (Å²) < 4.78 is 0. The Balaban J connectivity index is 2.29. The number of amides is 1. The van der Waals surface area contributed by atoms with E-state index in [4.69, 9.17) is 11.6 Å². The van der Waals surface area contributed by atoms with Gasteiger partial charge < -0.3 is 5.32 Å². The Morgan fingerprint density at radius 2 is 1.89 bits per heavy atom. The second kappa shape index (κ2) is 5.94. The SMILES string of the molecule is CC(=O)Nc1cc(Cl)ccc1Sc1ccccc1. The molecule has 0 bridgehead atoms. The molecule has 2 nitrogen and oxygen atoms in total. The summed E-state index contributed by atoms with van der Waals surface area (Å²) in [6, 6.07) is 15.5. The zero-order chi connectivity index (χ0) is 13.0. The molecule has 2 aromatic carbocycles. The average Bonchev–Trinajstić information content (AvgIpc) is 2.33. The maximum atomic E-state index is 11.2. The fraction of sp³-hybridized carbons (Fsp3) is 0.0714. The highest BCUT2D eigenvalue weighted by Gasteiger charge is 2.06. The van der Waals surface area contributed by atoms with Gasteiger partial charge in [-0.1, -0.05) is 41.6 Å². The van der Waals surface area contributed by atoms with E-state index < -0.39 is 0 Å². The molecule has 0 aromatic heterocycles. The number of carbonyl (C=O) groups is 1. The molecule has 0 aliphatic heterocycles. The van der Waals surface area contributed by atoms with Gasteiger partial charge in [-0.3, -0.25) is 4.79 Å². The van der Waals surface area contributed by atoms with Gasteiger partial charge >= 0.3 is 0 Å². The third-order valence-corrected chi connectivity index (χ3v) is 3.54. The third kappa shape index (κ3) is 3.52. The number of hydrogen-bond acceptors (Lipinski definition) is 2. The summed E-state index contributed by atoms with van der Waals surface area (Å²) in [6.07, 6.45) is 0. The first-order valence-electron chi connectivity index (χ1n) is 5.45. The average molecular weight is 278 g/mol. The number of rotatable bonds is 3. The van der Waals surface area contributed by atoms with Crippen LogP contribution >= 0.6 is 23.4 Å². The maximum absolute atomic E-state index is 11.2. The van der Waals surface area contributed by atoms with Crippen LogP contribution in [0.4, 0.5) is 5.69 Å². The van der Waals surface area contributed by atoms with Crippen LogP contribution in [0.25, 0.3) is 0 Å². The predicted molar refractivity (Wildman–Crippen MR) is 76.3 cm³/mol. The highest BCUT2D eigenvalue weighted by atomic mass is 35.5. The largest absolute Gasteiger partial charge is 0.325 e. The topological polar surface area (TPSA) is 29.1 Å². The summed E-state index contributed by atoms with van der Waals surface area (Å²) >= 11 is 7.53. The Labute approximate surface area is 115 Å². The van der Waals surface area contributed by atoms with Crippen molar-refractivity contribution in [1.29, 1.82) is 0 Å². The number of benzene rings is 2. The van der Waals surface area contributed by atoms with Crippen LogP contribution in [0.15, 0.2) is 58.3 Å². The number of carbonyl (C=O) groups excluding carboxylic acids is 1. The normalized spacial score (nSPS) is 10.1. The number of anilines is 1. The van der Waals surface area contributed by atoms with Crippen LogP contribution in [-0.2, 0) is 4.79 Å². The van der Waals surface area contributed by atoms with Gasteiger partial charge in [0, 0.05) is 21.7 Å². The quantitative estimate of drug-likeness (QED) is 0.898.